The minimum absolute atomic E-state index is 0.334. The lowest BCUT2D eigenvalue weighted by atomic mass is 10.2. The molecule has 7 nitrogen and oxygen atoms in total. The maximum absolute atomic E-state index is 14.2. The van der Waals surface area contributed by atoms with Gasteiger partial charge < -0.3 is 10.3 Å². The van der Waals surface area contributed by atoms with Crippen LogP contribution in [-0.2, 0) is 6.54 Å². The summed E-state index contributed by atoms with van der Waals surface area (Å²) >= 11 is 3.38. The minimum Gasteiger partial charge on any atom is -0.361 e. The zero-order valence-electron chi connectivity index (χ0n) is 14.4. The van der Waals surface area contributed by atoms with E-state index in [9.17, 15) is 4.39 Å². The number of halogens is 2. The Morgan fingerprint density at radius 3 is 2.79 bits per heavy atom. The molecule has 0 amide bonds. The summed E-state index contributed by atoms with van der Waals surface area (Å²) in [6.07, 6.45) is 3.03. The summed E-state index contributed by atoms with van der Waals surface area (Å²) in [5, 5.41) is 3.28. The molecule has 0 radical (unpaired) electrons. The number of aromatic nitrogens is 6. The number of aromatic amines is 1. The van der Waals surface area contributed by atoms with Gasteiger partial charge in [0.2, 0.25) is 0 Å². The van der Waals surface area contributed by atoms with Gasteiger partial charge in [0.25, 0.3) is 0 Å². The van der Waals surface area contributed by atoms with E-state index in [2.05, 4.69) is 41.2 Å². The molecular weight excluding hydrogens is 425 g/mol. The maximum Gasteiger partial charge on any atom is 0.182 e. The summed E-state index contributed by atoms with van der Waals surface area (Å²) in [5.41, 5.74) is 3.57. The van der Waals surface area contributed by atoms with Crippen LogP contribution in [0.25, 0.3) is 27.9 Å². The molecule has 5 aromatic rings. The summed E-state index contributed by atoms with van der Waals surface area (Å²) in [5.74, 6) is 1.01. The van der Waals surface area contributed by atoms with Crippen molar-refractivity contribution in [1.29, 1.82) is 0 Å². The average Bonchev–Trinajstić information content (AvgIpc) is 3.35. The standard InChI is InChI=1S/C19H13BrFN7/c20-15-12(21)6-7-13-17(15)28(11-4-2-1-3-5-11)14(27-13)8-22-18-16-19(24-9-23-16)26-10-25-18/h1-7,9-10H,8H2,(H2,22,23,24,25,26). The van der Waals surface area contributed by atoms with Gasteiger partial charge in [-0.3, -0.25) is 4.57 Å². The quantitative estimate of drug-likeness (QED) is 0.439. The third kappa shape index (κ3) is 2.71. The van der Waals surface area contributed by atoms with Gasteiger partial charge in [0.05, 0.1) is 28.4 Å². The zero-order chi connectivity index (χ0) is 19.1. The fourth-order valence-corrected chi connectivity index (χ4v) is 3.70. The Hall–Kier alpha value is -3.33. The highest BCUT2D eigenvalue weighted by molar-refractivity contribution is 9.10. The van der Waals surface area contributed by atoms with E-state index in [1.54, 1.807) is 12.4 Å². The molecule has 9 heteroatoms. The van der Waals surface area contributed by atoms with Gasteiger partial charge in [-0.15, -0.1) is 0 Å². The molecular formula is C19H13BrFN7. The van der Waals surface area contributed by atoms with Gasteiger partial charge in [0, 0.05) is 5.69 Å². The van der Waals surface area contributed by atoms with Gasteiger partial charge >= 0.3 is 0 Å². The molecule has 0 unspecified atom stereocenters. The number of H-pyrrole nitrogens is 1. The van der Waals surface area contributed by atoms with Crippen LogP contribution in [0.15, 0.2) is 59.6 Å². The number of hydrogen-bond acceptors (Lipinski definition) is 5. The molecule has 138 valence electrons. The summed E-state index contributed by atoms with van der Waals surface area (Å²) in [7, 11) is 0. The largest absolute Gasteiger partial charge is 0.361 e. The molecule has 0 aliphatic rings. The Bertz CT molecular complexity index is 1300. The predicted octanol–water partition coefficient (Wildman–Crippen LogP) is 4.21. The number of hydrogen-bond donors (Lipinski definition) is 2. The van der Waals surface area contributed by atoms with Crippen LogP contribution in [0.1, 0.15) is 5.82 Å². The molecule has 0 saturated carbocycles. The number of benzene rings is 2. The van der Waals surface area contributed by atoms with Crippen molar-refractivity contribution in [3.05, 3.63) is 71.2 Å². The van der Waals surface area contributed by atoms with Crippen LogP contribution in [-0.4, -0.2) is 29.5 Å². The molecule has 2 N–H and O–H groups in total. The number of anilines is 1. The number of nitrogens with zero attached hydrogens (tertiary/aromatic N) is 5. The molecule has 0 spiro atoms. The lowest BCUT2D eigenvalue weighted by Gasteiger charge is -2.11. The van der Waals surface area contributed by atoms with Crippen molar-refractivity contribution in [3.63, 3.8) is 0 Å². The molecule has 2 aromatic carbocycles. The van der Waals surface area contributed by atoms with Crippen LogP contribution in [0.3, 0.4) is 0 Å². The van der Waals surface area contributed by atoms with Crippen molar-refractivity contribution in [2.45, 2.75) is 6.54 Å². The first-order chi connectivity index (χ1) is 13.7. The monoisotopic (exact) mass is 437 g/mol. The Morgan fingerprint density at radius 1 is 1.07 bits per heavy atom. The molecule has 3 aromatic heterocycles. The van der Waals surface area contributed by atoms with Crippen LogP contribution >= 0.6 is 15.9 Å². The summed E-state index contributed by atoms with van der Waals surface area (Å²) in [6.45, 7) is 0.378. The summed E-state index contributed by atoms with van der Waals surface area (Å²) < 4.78 is 16.5. The van der Waals surface area contributed by atoms with Crippen LogP contribution in [0.5, 0.6) is 0 Å². The Kier molecular flexibility index (Phi) is 4.01. The number of rotatable bonds is 4. The number of para-hydroxylation sites is 1. The third-order valence-electron chi connectivity index (χ3n) is 4.43. The Labute approximate surface area is 166 Å². The van der Waals surface area contributed by atoms with E-state index >= 15 is 0 Å². The van der Waals surface area contributed by atoms with E-state index < -0.39 is 0 Å². The Morgan fingerprint density at radius 2 is 1.93 bits per heavy atom. The van der Waals surface area contributed by atoms with E-state index in [1.807, 2.05) is 34.9 Å². The van der Waals surface area contributed by atoms with Gasteiger partial charge in [-0.05, 0) is 40.2 Å². The highest BCUT2D eigenvalue weighted by atomic mass is 79.9. The van der Waals surface area contributed by atoms with Gasteiger partial charge in [-0.1, -0.05) is 18.2 Å². The van der Waals surface area contributed by atoms with Crippen molar-refractivity contribution in [2.75, 3.05) is 5.32 Å². The first kappa shape index (κ1) is 16.8. The highest BCUT2D eigenvalue weighted by Crippen LogP contribution is 2.30. The van der Waals surface area contributed by atoms with Gasteiger partial charge in [0.1, 0.15) is 23.5 Å². The van der Waals surface area contributed by atoms with E-state index in [4.69, 9.17) is 4.98 Å². The van der Waals surface area contributed by atoms with Crippen LogP contribution in [0.2, 0.25) is 0 Å². The normalized spacial score (nSPS) is 11.4. The fraction of sp³-hybridized carbons (Fsp3) is 0.0526. The molecule has 5 rings (SSSR count). The van der Waals surface area contributed by atoms with E-state index in [-0.39, 0.29) is 5.82 Å². The van der Waals surface area contributed by atoms with Gasteiger partial charge in [0.15, 0.2) is 11.5 Å². The number of fused-ring (bicyclic) bond motifs is 2. The first-order valence-corrected chi connectivity index (χ1v) is 9.30. The molecule has 0 atom stereocenters. The molecule has 3 heterocycles. The first-order valence-electron chi connectivity index (χ1n) is 8.51. The zero-order valence-corrected chi connectivity index (χ0v) is 16.0. The SMILES string of the molecule is Fc1ccc2nc(CNc3ncnc4nc[nH]c34)n(-c3ccccc3)c2c1Br. The van der Waals surface area contributed by atoms with Crippen LogP contribution < -0.4 is 5.32 Å². The second-order valence-electron chi connectivity index (χ2n) is 6.11. The maximum atomic E-state index is 14.2. The fourth-order valence-electron chi connectivity index (χ4n) is 3.19. The van der Waals surface area contributed by atoms with Crippen molar-refractivity contribution in [2.24, 2.45) is 0 Å². The summed E-state index contributed by atoms with van der Waals surface area (Å²) in [4.78, 5) is 20.3. The van der Waals surface area contributed by atoms with Crippen molar-refractivity contribution < 1.29 is 4.39 Å². The van der Waals surface area contributed by atoms with Crippen molar-refractivity contribution in [1.82, 2.24) is 29.5 Å². The van der Waals surface area contributed by atoms with Crippen molar-refractivity contribution in [3.8, 4) is 5.69 Å². The number of imidazole rings is 2. The molecule has 0 fully saturated rings. The van der Waals surface area contributed by atoms with Gasteiger partial charge in [-0.25, -0.2) is 24.3 Å². The van der Waals surface area contributed by atoms with Crippen LogP contribution in [0, 0.1) is 5.82 Å². The van der Waals surface area contributed by atoms with Gasteiger partial charge in [-0.2, -0.15) is 0 Å². The molecule has 0 saturated heterocycles. The molecule has 0 bridgehead atoms. The van der Waals surface area contributed by atoms with E-state index in [0.29, 0.717) is 33.5 Å². The lowest BCUT2D eigenvalue weighted by molar-refractivity contribution is 0.622. The number of nitrogens with one attached hydrogen (secondary N) is 2. The molecule has 0 aliphatic carbocycles. The smallest absolute Gasteiger partial charge is 0.182 e. The topological polar surface area (TPSA) is 84.3 Å². The average molecular weight is 438 g/mol. The second kappa shape index (κ2) is 6.68. The third-order valence-corrected chi connectivity index (χ3v) is 5.18. The second-order valence-corrected chi connectivity index (χ2v) is 6.90. The Balaban J connectivity index is 1.63. The molecule has 0 aliphatic heterocycles. The van der Waals surface area contributed by atoms with E-state index in [0.717, 1.165) is 17.0 Å². The van der Waals surface area contributed by atoms with E-state index in [1.165, 1.54) is 12.4 Å². The summed E-state index contributed by atoms with van der Waals surface area (Å²) in [6, 6.07) is 12.8. The predicted molar refractivity (Wildman–Crippen MR) is 108 cm³/mol. The van der Waals surface area contributed by atoms with Crippen molar-refractivity contribution >= 4 is 43.9 Å². The lowest BCUT2D eigenvalue weighted by Crippen LogP contribution is -2.09. The van der Waals surface area contributed by atoms with Crippen LogP contribution in [0.4, 0.5) is 10.2 Å². The highest BCUT2D eigenvalue weighted by Gasteiger charge is 2.17. The molecule has 28 heavy (non-hydrogen) atoms. The minimum atomic E-state index is -0.334.